The zero-order valence-electron chi connectivity index (χ0n) is 8.79. The van der Waals surface area contributed by atoms with Gasteiger partial charge in [-0.3, -0.25) is 4.79 Å². The molecular formula is C12H13NO2. The molecule has 2 aromatic rings. The standard InChI is InChI=1S/C12H13NO2/c1-7-4-3-5-10-12(7)9(6-11(14)15)8(2)13-10/h3-5,13H,6H2,1-2H3,(H,14,15). The average Bonchev–Trinajstić information content (AvgIpc) is 2.43. The minimum Gasteiger partial charge on any atom is -0.481 e. The molecule has 2 rings (SSSR count). The van der Waals surface area contributed by atoms with Crippen LogP contribution in [0.25, 0.3) is 10.9 Å². The third-order valence-electron chi connectivity index (χ3n) is 2.68. The minimum absolute atomic E-state index is 0.0800. The number of aliphatic carboxylic acids is 1. The summed E-state index contributed by atoms with van der Waals surface area (Å²) in [7, 11) is 0. The molecule has 0 saturated carbocycles. The number of rotatable bonds is 2. The Hall–Kier alpha value is -1.77. The van der Waals surface area contributed by atoms with Crippen molar-refractivity contribution in [3.63, 3.8) is 0 Å². The van der Waals surface area contributed by atoms with E-state index in [-0.39, 0.29) is 6.42 Å². The Morgan fingerprint density at radius 1 is 1.40 bits per heavy atom. The average molecular weight is 203 g/mol. The van der Waals surface area contributed by atoms with Crippen molar-refractivity contribution in [2.45, 2.75) is 20.3 Å². The maximum absolute atomic E-state index is 10.8. The summed E-state index contributed by atoms with van der Waals surface area (Å²) in [6.45, 7) is 3.92. The molecule has 0 amide bonds. The largest absolute Gasteiger partial charge is 0.481 e. The highest BCUT2D eigenvalue weighted by Crippen LogP contribution is 2.25. The Balaban J connectivity index is 2.71. The number of nitrogens with one attached hydrogen (secondary N) is 1. The number of fused-ring (bicyclic) bond motifs is 1. The van der Waals surface area contributed by atoms with Crippen LogP contribution in [0.2, 0.25) is 0 Å². The highest BCUT2D eigenvalue weighted by atomic mass is 16.4. The monoisotopic (exact) mass is 203 g/mol. The molecular weight excluding hydrogens is 190 g/mol. The molecule has 0 spiro atoms. The smallest absolute Gasteiger partial charge is 0.307 e. The van der Waals surface area contributed by atoms with Gasteiger partial charge in [-0.25, -0.2) is 0 Å². The number of aromatic amines is 1. The number of hydrogen-bond acceptors (Lipinski definition) is 1. The molecule has 1 aromatic heterocycles. The lowest BCUT2D eigenvalue weighted by atomic mass is 10.0. The van der Waals surface area contributed by atoms with Crippen LogP contribution in [0, 0.1) is 13.8 Å². The van der Waals surface area contributed by atoms with Gasteiger partial charge in [0.2, 0.25) is 0 Å². The second-order valence-corrected chi connectivity index (χ2v) is 3.80. The lowest BCUT2D eigenvalue weighted by Crippen LogP contribution is -2.01. The summed E-state index contributed by atoms with van der Waals surface area (Å²) in [6.07, 6.45) is 0.0800. The first kappa shape index (κ1) is 9.77. The van der Waals surface area contributed by atoms with Crippen LogP contribution in [-0.2, 0) is 11.2 Å². The van der Waals surface area contributed by atoms with Crippen LogP contribution in [-0.4, -0.2) is 16.1 Å². The van der Waals surface area contributed by atoms with E-state index < -0.39 is 5.97 Å². The van der Waals surface area contributed by atoms with Crippen LogP contribution in [0.3, 0.4) is 0 Å². The number of aromatic nitrogens is 1. The summed E-state index contributed by atoms with van der Waals surface area (Å²) >= 11 is 0. The predicted molar refractivity (Wildman–Crippen MR) is 59.1 cm³/mol. The number of benzene rings is 1. The molecule has 3 heteroatoms. The topological polar surface area (TPSA) is 53.1 Å². The van der Waals surface area contributed by atoms with E-state index in [2.05, 4.69) is 4.98 Å². The van der Waals surface area contributed by atoms with Crippen LogP contribution >= 0.6 is 0 Å². The van der Waals surface area contributed by atoms with Gasteiger partial charge in [0.25, 0.3) is 0 Å². The number of aryl methyl sites for hydroxylation is 2. The molecule has 0 aliphatic heterocycles. The second kappa shape index (κ2) is 3.42. The van der Waals surface area contributed by atoms with Crippen molar-refractivity contribution in [3.8, 4) is 0 Å². The molecule has 3 nitrogen and oxygen atoms in total. The third-order valence-corrected chi connectivity index (χ3v) is 2.68. The summed E-state index contributed by atoms with van der Waals surface area (Å²) < 4.78 is 0. The highest BCUT2D eigenvalue weighted by molar-refractivity contribution is 5.90. The van der Waals surface area contributed by atoms with E-state index in [0.717, 1.165) is 27.7 Å². The molecule has 2 N–H and O–H groups in total. The van der Waals surface area contributed by atoms with Crippen LogP contribution in [0.1, 0.15) is 16.8 Å². The number of H-pyrrole nitrogens is 1. The molecule has 0 unspecified atom stereocenters. The number of carbonyl (C=O) groups is 1. The van der Waals surface area contributed by atoms with E-state index in [1.165, 1.54) is 0 Å². The Kier molecular flexibility index (Phi) is 2.23. The van der Waals surface area contributed by atoms with Crippen LogP contribution in [0.4, 0.5) is 0 Å². The lowest BCUT2D eigenvalue weighted by molar-refractivity contribution is -0.136. The molecule has 0 bridgehead atoms. The number of carboxylic acid groups (broad SMARTS) is 1. The van der Waals surface area contributed by atoms with Gasteiger partial charge in [-0.05, 0) is 31.0 Å². The van der Waals surface area contributed by atoms with Crippen molar-refractivity contribution < 1.29 is 9.90 Å². The van der Waals surface area contributed by atoms with Crippen molar-refractivity contribution in [2.24, 2.45) is 0 Å². The van der Waals surface area contributed by atoms with Gasteiger partial charge in [-0.1, -0.05) is 12.1 Å². The van der Waals surface area contributed by atoms with Gasteiger partial charge >= 0.3 is 5.97 Å². The zero-order chi connectivity index (χ0) is 11.0. The predicted octanol–water partition coefficient (Wildman–Crippen LogP) is 2.41. The van der Waals surface area contributed by atoms with Crippen molar-refractivity contribution in [1.82, 2.24) is 4.98 Å². The van der Waals surface area contributed by atoms with Crippen LogP contribution < -0.4 is 0 Å². The van der Waals surface area contributed by atoms with E-state index in [0.29, 0.717) is 0 Å². The molecule has 0 fully saturated rings. The second-order valence-electron chi connectivity index (χ2n) is 3.80. The van der Waals surface area contributed by atoms with Gasteiger partial charge in [0.15, 0.2) is 0 Å². The molecule has 1 heterocycles. The summed E-state index contributed by atoms with van der Waals surface area (Å²) in [5.74, 6) is -0.790. The van der Waals surface area contributed by atoms with Crippen molar-refractivity contribution in [2.75, 3.05) is 0 Å². The van der Waals surface area contributed by atoms with Gasteiger partial charge in [0.1, 0.15) is 0 Å². The quantitative estimate of drug-likeness (QED) is 0.787. The Labute approximate surface area is 87.7 Å². The van der Waals surface area contributed by atoms with Crippen molar-refractivity contribution in [1.29, 1.82) is 0 Å². The zero-order valence-corrected chi connectivity index (χ0v) is 8.79. The van der Waals surface area contributed by atoms with Crippen molar-refractivity contribution >= 4 is 16.9 Å². The van der Waals surface area contributed by atoms with Gasteiger partial charge in [-0.2, -0.15) is 0 Å². The minimum atomic E-state index is -0.790. The van der Waals surface area contributed by atoms with E-state index in [1.54, 1.807) is 0 Å². The van der Waals surface area contributed by atoms with Gasteiger partial charge in [0, 0.05) is 16.6 Å². The van der Waals surface area contributed by atoms with Crippen molar-refractivity contribution in [3.05, 3.63) is 35.0 Å². The Morgan fingerprint density at radius 2 is 2.13 bits per heavy atom. The third kappa shape index (κ3) is 1.61. The van der Waals surface area contributed by atoms with Crippen LogP contribution in [0.5, 0.6) is 0 Å². The molecule has 0 aliphatic rings. The van der Waals surface area contributed by atoms with Crippen LogP contribution in [0.15, 0.2) is 18.2 Å². The highest BCUT2D eigenvalue weighted by Gasteiger charge is 2.12. The van der Waals surface area contributed by atoms with E-state index in [4.69, 9.17) is 5.11 Å². The maximum Gasteiger partial charge on any atom is 0.307 e. The summed E-state index contributed by atoms with van der Waals surface area (Å²) in [6, 6.07) is 5.94. The first-order valence-corrected chi connectivity index (χ1v) is 4.88. The fraction of sp³-hybridized carbons (Fsp3) is 0.250. The summed E-state index contributed by atoms with van der Waals surface area (Å²) in [5.41, 5.74) is 3.98. The maximum atomic E-state index is 10.8. The SMILES string of the molecule is Cc1[nH]c2cccc(C)c2c1CC(=O)O. The molecule has 0 aliphatic carbocycles. The van der Waals surface area contributed by atoms with Gasteiger partial charge in [0.05, 0.1) is 6.42 Å². The first-order valence-electron chi connectivity index (χ1n) is 4.88. The normalized spacial score (nSPS) is 10.8. The van der Waals surface area contributed by atoms with E-state index in [1.807, 2.05) is 32.0 Å². The molecule has 0 atom stereocenters. The summed E-state index contributed by atoms with van der Waals surface area (Å²) in [5, 5.41) is 9.90. The fourth-order valence-corrected chi connectivity index (χ4v) is 2.01. The Bertz CT molecular complexity index is 526. The first-order chi connectivity index (χ1) is 7.09. The Morgan fingerprint density at radius 3 is 2.80 bits per heavy atom. The lowest BCUT2D eigenvalue weighted by Gasteiger charge is -1.99. The van der Waals surface area contributed by atoms with E-state index in [9.17, 15) is 4.79 Å². The molecule has 1 aromatic carbocycles. The van der Waals surface area contributed by atoms with Gasteiger partial charge < -0.3 is 10.1 Å². The fourth-order valence-electron chi connectivity index (χ4n) is 2.01. The number of carboxylic acids is 1. The molecule has 0 radical (unpaired) electrons. The molecule has 15 heavy (non-hydrogen) atoms. The van der Waals surface area contributed by atoms with Gasteiger partial charge in [-0.15, -0.1) is 0 Å². The summed E-state index contributed by atoms with van der Waals surface area (Å²) in [4.78, 5) is 14.0. The molecule has 78 valence electrons. The number of hydrogen-bond donors (Lipinski definition) is 2. The molecule has 0 saturated heterocycles. The van der Waals surface area contributed by atoms with E-state index >= 15 is 0 Å².